The lowest BCUT2D eigenvalue weighted by molar-refractivity contribution is -0.108. The van der Waals surface area contributed by atoms with Crippen molar-refractivity contribution in [2.75, 3.05) is 20.1 Å². The molecule has 1 aromatic rings. The second-order valence-corrected chi connectivity index (χ2v) is 5.21. The summed E-state index contributed by atoms with van der Waals surface area (Å²) in [6.07, 6.45) is 4.86. The molecule has 1 aliphatic rings. The molecule has 1 saturated heterocycles. The Morgan fingerprint density at radius 3 is 2.95 bits per heavy atom. The number of aldehydes is 1. The average Bonchev–Trinajstić information content (AvgIpc) is 2.49. The number of hydrogen-bond donors (Lipinski definition) is 1. The summed E-state index contributed by atoms with van der Waals surface area (Å²) >= 11 is 0. The number of halogens is 1. The van der Waals surface area contributed by atoms with E-state index >= 15 is 0 Å². The minimum Gasteiger partial charge on any atom is -0.305 e. The molecule has 0 bridgehead atoms. The van der Waals surface area contributed by atoms with Gasteiger partial charge in [-0.3, -0.25) is 4.90 Å². The van der Waals surface area contributed by atoms with Crippen molar-refractivity contribution in [3.8, 4) is 0 Å². The molecule has 1 aliphatic heterocycles. The number of likely N-dealkylation sites (N-methyl/N-ethyl adjacent to an activating group) is 1. The Morgan fingerprint density at radius 1 is 1.45 bits per heavy atom. The Hall–Kier alpha value is -1.26. The third-order valence-electron chi connectivity index (χ3n) is 4.01. The quantitative estimate of drug-likeness (QED) is 0.809. The SMILES string of the molecule is CN[C](C=O)C1CCCCN1CCc1ccccc1F. The van der Waals surface area contributed by atoms with E-state index in [4.69, 9.17) is 0 Å². The number of nitrogens with one attached hydrogen (secondary N) is 1. The lowest BCUT2D eigenvalue weighted by atomic mass is 9.95. The third-order valence-corrected chi connectivity index (χ3v) is 4.01. The lowest BCUT2D eigenvalue weighted by Crippen LogP contribution is -2.48. The fourth-order valence-electron chi connectivity index (χ4n) is 2.88. The molecule has 1 radical (unpaired) electrons. The maximum atomic E-state index is 13.6. The van der Waals surface area contributed by atoms with Gasteiger partial charge in [-0.15, -0.1) is 0 Å². The zero-order chi connectivity index (χ0) is 14.4. The highest BCUT2D eigenvalue weighted by atomic mass is 19.1. The fraction of sp³-hybridized carbons (Fsp3) is 0.500. The summed E-state index contributed by atoms with van der Waals surface area (Å²) in [7, 11) is 1.79. The van der Waals surface area contributed by atoms with Crippen LogP contribution < -0.4 is 5.32 Å². The number of benzene rings is 1. The first-order valence-corrected chi connectivity index (χ1v) is 7.23. The highest BCUT2D eigenvalue weighted by molar-refractivity contribution is 5.69. The molecule has 2 rings (SSSR count). The van der Waals surface area contributed by atoms with Crippen molar-refractivity contribution in [3.63, 3.8) is 0 Å². The summed E-state index contributed by atoms with van der Waals surface area (Å²) in [6, 6.07) is 7.79. The Morgan fingerprint density at radius 2 is 2.25 bits per heavy atom. The van der Waals surface area contributed by atoms with Gasteiger partial charge in [-0.25, -0.2) is 4.39 Å². The molecule has 3 nitrogen and oxygen atoms in total. The fourth-order valence-corrected chi connectivity index (χ4v) is 2.88. The topological polar surface area (TPSA) is 32.3 Å². The van der Waals surface area contributed by atoms with E-state index in [9.17, 15) is 9.18 Å². The van der Waals surface area contributed by atoms with Crippen LogP contribution in [0.25, 0.3) is 0 Å². The maximum absolute atomic E-state index is 13.6. The zero-order valence-electron chi connectivity index (χ0n) is 11.9. The highest BCUT2D eigenvalue weighted by Crippen LogP contribution is 2.22. The first kappa shape index (κ1) is 15.1. The second kappa shape index (κ2) is 7.50. The predicted octanol–water partition coefficient (Wildman–Crippen LogP) is 2.17. The van der Waals surface area contributed by atoms with Crippen LogP contribution in [0.4, 0.5) is 4.39 Å². The summed E-state index contributed by atoms with van der Waals surface area (Å²) in [5, 5.41) is 2.99. The van der Waals surface area contributed by atoms with Crippen LogP contribution in [-0.4, -0.2) is 37.4 Å². The molecule has 0 amide bonds. The first-order chi connectivity index (χ1) is 9.76. The van der Waals surface area contributed by atoms with Gasteiger partial charge in [-0.05, 0) is 44.5 Å². The van der Waals surface area contributed by atoms with Gasteiger partial charge >= 0.3 is 0 Å². The molecule has 1 aromatic carbocycles. The predicted molar refractivity (Wildman–Crippen MR) is 77.7 cm³/mol. The zero-order valence-corrected chi connectivity index (χ0v) is 11.9. The van der Waals surface area contributed by atoms with Gasteiger partial charge in [0.15, 0.2) is 0 Å². The van der Waals surface area contributed by atoms with Crippen LogP contribution in [0, 0.1) is 11.9 Å². The van der Waals surface area contributed by atoms with Gasteiger partial charge in [0.25, 0.3) is 0 Å². The molecule has 0 aromatic heterocycles. The van der Waals surface area contributed by atoms with Crippen molar-refractivity contribution >= 4 is 6.29 Å². The number of likely N-dealkylation sites (tertiary alicyclic amines) is 1. The van der Waals surface area contributed by atoms with Crippen LogP contribution in [0.3, 0.4) is 0 Å². The van der Waals surface area contributed by atoms with E-state index in [1.54, 1.807) is 13.1 Å². The largest absolute Gasteiger partial charge is 0.305 e. The average molecular weight is 277 g/mol. The van der Waals surface area contributed by atoms with Crippen molar-refractivity contribution in [3.05, 3.63) is 41.7 Å². The minimum atomic E-state index is -0.144. The molecule has 20 heavy (non-hydrogen) atoms. The smallest absolute Gasteiger partial charge is 0.144 e. The number of rotatable bonds is 6. The molecule has 1 atom stereocenters. The summed E-state index contributed by atoms with van der Waals surface area (Å²) in [6.45, 7) is 1.75. The molecule has 4 heteroatoms. The monoisotopic (exact) mass is 277 g/mol. The van der Waals surface area contributed by atoms with Crippen LogP contribution in [0.5, 0.6) is 0 Å². The van der Waals surface area contributed by atoms with Crippen LogP contribution in [0.2, 0.25) is 0 Å². The van der Waals surface area contributed by atoms with Crippen LogP contribution in [0.15, 0.2) is 24.3 Å². The standard InChI is InChI=1S/C16H22FN2O/c1-18-15(12-20)16-8-4-5-10-19(16)11-9-13-6-2-3-7-14(13)17/h2-3,6-7,12,16,18H,4-5,8-11H2,1H3. The molecule has 109 valence electrons. The van der Waals surface area contributed by atoms with E-state index in [1.807, 2.05) is 12.1 Å². The van der Waals surface area contributed by atoms with E-state index in [2.05, 4.69) is 10.2 Å². The van der Waals surface area contributed by atoms with Gasteiger partial charge in [-0.2, -0.15) is 0 Å². The van der Waals surface area contributed by atoms with Gasteiger partial charge in [0.2, 0.25) is 0 Å². The van der Waals surface area contributed by atoms with Gasteiger partial charge in [0.05, 0.1) is 0 Å². The normalized spacial score (nSPS) is 20.2. The second-order valence-electron chi connectivity index (χ2n) is 5.21. The van der Waals surface area contributed by atoms with E-state index in [-0.39, 0.29) is 11.9 Å². The number of nitrogens with zero attached hydrogens (tertiary/aromatic N) is 1. The molecule has 0 saturated carbocycles. The summed E-state index contributed by atoms with van der Waals surface area (Å²) in [4.78, 5) is 13.4. The molecule has 1 N–H and O–H groups in total. The van der Waals surface area contributed by atoms with Crippen LogP contribution in [0.1, 0.15) is 24.8 Å². The van der Waals surface area contributed by atoms with Crippen LogP contribution in [-0.2, 0) is 11.2 Å². The van der Waals surface area contributed by atoms with Crippen molar-refractivity contribution < 1.29 is 9.18 Å². The number of carbonyl (C=O) groups excluding carboxylic acids is 1. The van der Waals surface area contributed by atoms with E-state index in [1.165, 1.54) is 6.07 Å². The molecule has 1 fully saturated rings. The van der Waals surface area contributed by atoms with E-state index < -0.39 is 0 Å². The van der Waals surface area contributed by atoms with Crippen LogP contribution >= 0.6 is 0 Å². The highest BCUT2D eigenvalue weighted by Gasteiger charge is 2.29. The molecule has 1 unspecified atom stereocenters. The van der Waals surface area contributed by atoms with Crippen molar-refractivity contribution in [1.82, 2.24) is 10.2 Å². The molecular weight excluding hydrogens is 255 g/mol. The third kappa shape index (κ3) is 3.64. The number of carbonyl (C=O) groups is 1. The molecule has 1 heterocycles. The van der Waals surface area contributed by atoms with Crippen molar-refractivity contribution in [2.45, 2.75) is 31.7 Å². The Kier molecular flexibility index (Phi) is 5.68. The molecular formula is C16H22FN2O. The number of hydrogen-bond acceptors (Lipinski definition) is 3. The van der Waals surface area contributed by atoms with Gasteiger partial charge < -0.3 is 10.1 Å². The Balaban J connectivity index is 1.98. The summed E-state index contributed by atoms with van der Waals surface area (Å²) < 4.78 is 13.6. The van der Waals surface area contributed by atoms with Crippen molar-refractivity contribution in [1.29, 1.82) is 0 Å². The number of piperidine rings is 1. The Bertz CT molecular complexity index is 438. The molecule has 0 spiro atoms. The summed E-state index contributed by atoms with van der Waals surface area (Å²) in [5.74, 6) is -0.144. The van der Waals surface area contributed by atoms with Gasteiger partial charge in [0.1, 0.15) is 18.1 Å². The summed E-state index contributed by atoms with van der Waals surface area (Å²) in [5.41, 5.74) is 0.744. The van der Waals surface area contributed by atoms with Gasteiger partial charge in [0, 0.05) is 12.6 Å². The lowest BCUT2D eigenvalue weighted by Gasteiger charge is -2.38. The van der Waals surface area contributed by atoms with E-state index in [0.29, 0.717) is 6.42 Å². The van der Waals surface area contributed by atoms with Gasteiger partial charge in [-0.1, -0.05) is 24.6 Å². The maximum Gasteiger partial charge on any atom is 0.144 e. The van der Waals surface area contributed by atoms with E-state index in [0.717, 1.165) is 50.2 Å². The molecule has 0 aliphatic carbocycles. The minimum absolute atomic E-state index is 0.144. The Labute approximate surface area is 120 Å². The van der Waals surface area contributed by atoms with Crippen molar-refractivity contribution in [2.24, 2.45) is 0 Å². The first-order valence-electron chi connectivity index (χ1n) is 7.23.